The van der Waals surface area contributed by atoms with Crippen LogP contribution in [0.1, 0.15) is 39.0 Å². The number of hydrogen-bond donors (Lipinski definition) is 2. The predicted octanol–water partition coefficient (Wildman–Crippen LogP) is 2.08. The molecule has 1 atom stereocenters. The molecule has 1 heterocycles. The minimum Gasteiger partial charge on any atom is -0.397 e. The van der Waals surface area contributed by atoms with Gasteiger partial charge in [-0.25, -0.2) is 13.6 Å². The third kappa shape index (κ3) is 3.24. The number of sulfonamides is 1. The van der Waals surface area contributed by atoms with Crippen molar-refractivity contribution in [1.82, 2.24) is 0 Å². The van der Waals surface area contributed by atoms with Gasteiger partial charge >= 0.3 is 0 Å². The topological polar surface area (TPSA) is 89.4 Å². The summed E-state index contributed by atoms with van der Waals surface area (Å²) in [6, 6.07) is 5.25. The van der Waals surface area contributed by atoms with Gasteiger partial charge in [0.05, 0.1) is 16.3 Å². The molecule has 0 radical (unpaired) electrons. The molecule has 0 saturated carbocycles. The second-order valence-corrected chi connectivity index (χ2v) is 6.93. The molecule has 0 amide bonds. The standard InChI is InChI=1S/C14H23N3O2S/c1-2-11-6-4-3-5-9-17(11)14-8-7-12(10-13(14)15)20(16,18)19/h7-8,10-11H,2-6,9,15H2,1H3,(H2,16,18,19). The lowest BCUT2D eigenvalue weighted by molar-refractivity contribution is 0.556. The van der Waals surface area contributed by atoms with Gasteiger partial charge in [0.1, 0.15) is 0 Å². The quantitative estimate of drug-likeness (QED) is 0.836. The first-order valence-electron chi connectivity index (χ1n) is 7.12. The van der Waals surface area contributed by atoms with Crippen LogP contribution in [-0.2, 0) is 10.0 Å². The van der Waals surface area contributed by atoms with E-state index in [0.717, 1.165) is 31.5 Å². The average Bonchev–Trinajstić information content (AvgIpc) is 2.62. The molecule has 1 aliphatic rings. The highest BCUT2D eigenvalue weighted by molar-refractivity contribution is 7.89. The SMILES string of the molecule is CCC1CCCCCN1c1ccc(S(N)(=O)=O)cc1N. The van der Waals surface area contributed by atoms with Crippen molar-refractivity contribution in [2.24, 2.45) is 5.14 Å². The number of nitrogens with two attached hydrogens (primary N) is 2. The lowest BCUT2D eigenvalue weighted by atomic mass is 10.1. The molecular weight excluding hydrogens is 274 g/mol. The maximum absolute atomic E-state index is 11.4. The summed E-state index contributed by atoms with van der Waals surface area (Å²) < 4.78 is 22.7. The highest BCUT2D eigenvalue weighted by Crippen LogP contribution is 2.31. The normalized spacial score (nSPS) is 20.7. The summed E-state index contributed by atoms with van der Waals surface area (Å²) in [5, 5.41) is 5.14. The van der Waals surface area contributed by atoms with Crippen LogP contribution in [0.15, 0.2) is 23.1 Å². The largest absolute Gasteiger partial charge is 0.397 e. The zero-order chi connectivity index (χ0) is 14.8. The number of nitrogen functional groups attached to an aromatic ring is 1. The predicted molar refractivity (Wildman–Crippen MR) is 82.1 cm³/mol. The number of benzene rings is 1. The van der Waals surface area contributed by atoms with E-state index in [1.54, 1.807) is 12.1 Å². The van der Waals surface area contributed by atoms with Gasteiger partial charge in [-0.2, -0.15) is 0 Å². The van der Waals surface area contributed by atoms with Gasteiger partial charge in [-0.1, -0.05) is 19.8 Å². The van der Waals surface area contributed by atoms with Crippen LogP contribution in [0.5, 0.6) is 0 Å². The first-order chi connectivity index (χ1) is 9.43. The van der Waals surface area contributed by atoms with Crippen molar-refractivity contribution in [2.45, 2.75) is 50.0 Å². The summed E-state index contributed by atoms with van der Waals surface area (Å²) in [5.74, 6) is 0. The van der Waals surface area contributed by atoms with E-state index in [1.165, 1.54) is 18.9 Å². The monoisotopic (exact) mass is 297 g/mol. The van der Waals surface area contributed by atoms with Gasteiger partial charge in [0, 0.05) is 12.6 Å². The second-order valence-electron chi connectivity index (χ2n) is 5.37. The first kappa shape index (κ1) is 15.1. The highest BCUT2D eigenvalue weighted by Gasteiger charge is 2.22. The maximum Gasteiger partial charge on any atom is 0.238 e. The Bertz CT molecular complexity index is 572. The Hall–Kier alpha value is -1.27. The van der Waals surface area contributed by atoms with E-state index >= 15 is 0 Å². The Balaban J connectivity index is 2.36. The van der Waals surface area contributed by atoms with Crippen LogP contribution in [0, 0.1) is 0 Å². The second kappa shape index (κ2) is 6.01. The van der Waals surface area contributed by atoms with E-state index < -0.39 is 10.0 Å². The van der Waals surface area contributed by atoms with Gasteiger partial charge in [0.25, 0.3) is 0 Å². The van der Waals surface area contributed by atoms with E-state index in [0.29, 0.717) is 11.7 Å². The van der Waals surface area contributed by atoms with Crippen molar-refractivity contribution < 1.29 is 8.42 Å². The number of anilines is 2. The van der Waals surface area contributed by atoms with Crippen molar-refractivity contribution in [3.63, 3.8) is 0 Å². The van der Waals surface area contributed by atoms with Crippen LogP contribution >= 0.6 is 0 Å². The van der Waals surface area contributed by atoms with Crippen molar-refractivity contribution in [1.29, 1.82) is 0 Å². The minimum atomic E-state index is -3.70. The number of rotatable bonds is 3. The zero-order valence-corrected chi connectivity index (χ0v) is 12.7. The van der Waals surface area contributed by atoms with Gasteiger partial charge in [-0.05, 0) is 37.5 Å². The van der Waals surface area contributed by atoms with Crippen molar-refractivity contribution in [3.05, 3.63) is 18.2 Å². The maximum atomic E-state index is 11.4. The lowest BCUT2D eigenvalue weighted by Crippen LogP contribution is -2.35. The highest BCUT2D eigenvalue weighted by atomic mass is 32.2. The van der Waals surface area contributed by atoms with Crippen molar-refractivity contribution >= 4 is 21.4 Å². The molecule has 1 aliphatic heterocycles. The number of hydrogen-bond acceptors (Lipinski definition) is 4. The molecule has 1 aromatic rings. The van der Waals surface area contributed by atoms with E-state index in [2.05, 4.69) is 11.8 Å². The molecule has 112 valence electrons. The molecule has 6 heteroatoms. The summed E-state index contributed by atoms with van der Waals surface area (Å²) in [6.07, 6.45) is 5.85. The molecule has 2 rings (SSSR count). The lowest BCUT2D eigenvalue weighted by Gasteiger charge is -2.32. The van der Waals surface area contributed by atoms with Crippen molar-refractivity contribution in [3.8, 4) is 0 Å². The smallest absolute Gasteiger partial charge is 0.238 e. The molecule has 0 bridgehead atoms. The molecule has 1 saturated heterocycles. The molecule has 1 aromatic carbocycles. The van der Waals surface area contributed by atoms with Crippen LogP contribution in [0.2, 0.25) is 0 Å². The fraction of sp³-hybridized carbons (Fsp3) is 0.571. The Kier molecular flexibility index (Phi) is 4.55. The van der Waals surface area contributed by atoms with Crippen LogP contribution in [0.4, 0.5) is 11.4 Å². The molecule has 0 aromatic heterocycles. The van der Waals surface area contributed by atoms with Gasteiger partial charge in [-0.3, -0.25) is 0 Å². The number of primary sulfonamides is 1. The van der Waals surface area contributed by atoms with Crippen molar-refractivity contribution in [2.75, 3.05) is 17.2 Å². The van der Waals surface area contributed by atoms with Crippen LogP contribution in [0.25, 0.3) is 0 Å². The van der Waals surface area contributed by atoms with Gasteiger partial charge in [0.2, 0.25) is 10.0 Å². The van der Waals surface area contributed by atoms with Crippen LogP contribution in [0.3, 0.4) is 0 Å². The average molecular weight is 297 g/mol. The Morgan fingerprint density at radius 1 is 1.30 bits per heavy atom. The van der Waals surface area contributed by atoms with Gasteiger partial charge < -0.3 is 10.6 Å². The van der Waals surface area contributed by atoms with E-state index in [-0.39, 0.29) is 4.90 Å². The summed E-state index contributed by atoms with van der Waals surface area (Å²) in [4.78, 5) is 2.39. The van der Waals surface area contributed by atoms with Gasteiger partial charge in [-0.15, -0.1) is 0 Å². The Labute approximate surface area is 121 Å². The fourth-order valence-electron chi connectivity index (χ4n) is 2.89. The third-order valence-electron chi connectivity index (χ3n) is 3.99. The zero-order valence-electron chi connectivity index (χ0n) is 11.9. The Morgan fingerprint density at radius 3 is 2.65 bits per heavy atom. The van der Waals surface area contributed by atoms with Crippen LogP contribution in [-0.4, -0.2) is 21.0 Å². The molecule has 0 spiro atoms. The molecule has 1 fully saturated rings. The van der Waals surface area contributed by atoms with Gasteiger partial charge in [0.15, 0.2) is 0 Å². The summed E-state index contributed by atoms with van der Waals surface area (Å²) in [7, 11) is -3.70. The third-order valence-corrected chi connectivity index (χ3v) is 4.90. The van der Waals surface area contributed by atoms with Crippen LogP contribution < -0.4 is 15.8 Å². The fourth-order valence-corrected chi connectivity index (χ4v) is 3.44. The van der Waals surface area contributed by atoms with E-state index in [4.69, 9.17) is 10.9 Å². The molecular formula is C14H23N3O2S. The molecule has 0 aliphatic carbocycles. The molecule has 20 heavy (non-hydrogen) atoms. The molecule has 4 N–H and O–H groups in total. The molecule has 1 unspecified atom stereocenters. The van der Waals surface area contributed by atoms with E-state index in [9.17, 15) is 8.42 Å². The number of nitrogens with zero attached hydrogens (tertiary/aromatic N) is 1. The first-order valence-corrected chi connectivity index (χ1v) is 8.67. The summed E-state index contributed by atoms with van der Waals surface area (Å²) in [5.41, 5.74) is 7.46. The summed E-state index contributed by atoms with van der Waals surface area (Å²) in [6.45, 7) is 3.15. The Morgan fingerprint density at radius 2 is 2.05 bits per heavy atom. The summed E-state index contributed by atoms with van der Waals surface area (Å²) >= 11 is 0. The van der Waals surface area contributed by atoms with E-state index in [1.807, 2.05) is 0 Å². The molecule has 5 nitrogen and oxygen atoms in total. The minimum absolute atomic E-state index is 0.0709.